The Bertz CT molecular complexity index is 2700. The first-order valence-corrected chi connectivity index (χ1v) is 17.2. The van der Waals surface area contributed by atoms with E-state index in [0.717, 1.165) is 45.0 Å². The summed E-state index contributed by atoms with van der Waals surface area (Å²) in [5.74, 6) is 2.69. The average molecular weight is 640 g/mol. The molecule has 0 spiro atoms. The van der Waals surface area contributed by atoms with Crippen LogP contribution >= 0.6 is 0 Å². The van der Waals surface area contributed by atoms with Gasteiger partial charge in [-0.25, -0.2) is 9.97 Å². The quantitative estimate of drug-likeness (QED) is 0.192. The van der Waals surface area contributed by atoms with E-state index in [-0.39, 0.29) is 12.0 Å². The average Bonchev–Trinajstić information content (AvgIpc) is 3.74. The topological polar surface area (TPSA) is 39.9 Å². The summed E-state index contributed by atoms with van der Waals surface area (Å²) in [7, 11) is 0. The third-order valence-corrected chi connectivity index (χ3v) is 10.6. The van der Waals surface area contributed by atoms with Gasteiger partial charge in [-0.05, 0) is 63.7 Å². The van der Waals surface area contributed by atoms with Gasteiger partial charge in [0.2, 0.25) is 0 Å². The molecule has 234 valence electrons. The summed E-state index contributed by atoms with van der Waals surface area (Å²) >= 11 is 0. The van der Waals surface area contributed by atoms with Crippen LogP contribution in [0.25, 0.3) is 72.5 Å². The number of para-hydroxylation sites is 2. The molecule has 2 atom stereocenters. The lowest BCUT2D eigenvalue weighted by molar-refractivity contribution is 0.272. The van der Waals surface area contributed by atoms with Gasteiger partial charge in [-0.1, -0.05) is 127 Å². The third-order valence-electron chi connectivity index (χ3n) is 10.6. The Labute approximate surface area is 289 Å². The highest BCUT2D eigenvalue weighted by atomic mass is 16.5. The van der Waals surface area contributed by atoms with Gasteiger partial charge in [-0.2, -0.15) is 0 Å². The van der Waals surface area contributed by atoms with Crippen LogP contribution in [-0.4, -0.2) is 20.6 Å². The van der Waals surface area contributed by atoms with Crippen molar-refractivity contribution >= 4 is 33.0 Å². The molecule has 0 saturated heterocycles. The minimum atomic E-state index is -0.00879. The highest BCUT2D eigenvalue weighted by Crippen LogP contribution is 2.58. The molecule has 2 unspecified atom stereocenters. The van der Waals surface area contributed by atoms with Crippen molar-refractivity contribution in [1.29, 1.82) is 0 Å². The predicted octanol–water partition coefficient (Wildman–Crippen LogP) is 10.9. The molecule has 8 aromatic rings. The summed E-state index contributed by atoms with van der Waals surface area (Å²) in [5.41, 5.74) is 14.0. The molecule has 0 N–H and O–H groups in total. The maximum atomic E-state index is 6.54. The molecule has 0 radical (unpaired) electrons. The second kappa shape index (κ2) is 10.5. The van der Waals surface area contributed by atoms with Crippen molar-refractivity contribution in [2.45, 2.75) is 12.0 Å². The molecule has 2 aromatic heterocycles. The van der Waals surface area contributed by atoms with Crippen LogP contribution in [-0.2, 0) is 0 Å². The molecule has 3 heterocycles. The van der Waals surface area contributed by atoms with Crippen LogP contribution in [0.4, 0.5) is 0 Å². The van der Waals surface area contributed by atoms with Crippen molar-refractivity contribution in [3.63, 3.8) is 0 Å². The van der Waals surface area contributed by atoms with Gasteiger partial charge in [0.05, 0.1) is 22.6 Å². The van der Waals surface area contributed by atoms with E-state index >= 15 is 0 Å². The minimum absolute atomic E-state index is 0.00879. The fourth-order valence-electron chi connectivity index (χ4n) is 8.43. The van der Waals surface area contributed by atoms with Crippen molar-refractivity contribution in [1.82, 2.24) is 14.5 Å². The number of nitrogens with zero attached hydrogens (tertiary/aromatic N) is 3. The molecule has 1 aliphatic heterocycles. The lowest BCUT2D eigenvalue weighted by Gasteiger charge is -2.32. The van der Waals surface area contributed by atoms with Gasteiger partial charge in [0.15, 0.2) is 5.82 Å². The van der Waals surface area contributed by atoms with Gasteiger partial charge in [0, 0.05) is 33.5 Å². The smallest absolute Gasteiger partial charge is 0.162 e. The van der Waals surface area contributed by atoms with Gasteiger partial charge in [-0.3, -0.25) is 4.57 Å². The Morgan fingerprint density at radius 3 is 2.02 bits per heavy atom. The fourth-order valence-corrected chi connectivity index (χ4v) is 8.43. The van der Waals surface area contributed by atoms with E-state index in [9.17, 15) is 0 Å². The number of ether oxygens (including phenoxy) is 1. The maximum absolute atomic E-state index is 6.54. The van der Waals surface area contributed by atoms with Gasteiger partial charge in [-0.15, -0.1) is 0 Å². The molecule has 0 saturated carbocycles. The molecule has 0 bridgehead atoms. The molecular weight excluding hydrogens is 611 g/mol. The van der Waals surface area contributed by atoms with Crippen LogP contribution in [0.15, 0.2) is 164 Å². The summed E-state index contributed by atoms with van der Waals surface area (Å²) in [4.78, 5) is 10.4. The summed E-state index contributed by atoms with van der Waals surface area (Å²) < 4.78 is 8.81. The van der Waals surface area contributed by atoms with Gasteiger partial charge in [0.1, 0.15) is 17.7 Å². The summed E-state index contributed by atoms with van der Waals surface area (Å²) in [5, 5.41) is 2.41. The lowest BCUT2D eigenvalue weighted by atomic mass is 9.69. The highest BCUT2D eigenvalue weighted by Gasteiger charge is 2.44. The molecule has 4 nitrogen and oxygen atoms in total. The molecule has 11 rings (SSSR count). The van der Waals surface area contributed by atoms with Crippen molar-refractivity contribution in [2.75, 3.05) is 0 Å². The molecule has 0 amide bonds. The molecule has 6 aromatic carbocycles. The van der Waals surface area contributed by atoms with Crippen molar-refractivity contribution < 1.29 is 4.74 Å². The van der Waals surface area contributed by atoms with Crippen molar-refractivity contribution in [3.05, 3.63) is 181 Å². The van der Waals surface area contributed by atoms with E-state index in [4.69, 9.17) is 14.7 Å². The number of hydrogen-bond acceptors (Lipinski definition) is 3. The first-order chi connectivity index (χ1) is 24.8. The summed E-state index contributed by atoms with van der Waals surface area (Å²) in [6, 6.07) is 53.7. The Hall–Kier alpha value is -6.52. The minimum Gasteiger partial charge on any atom is -0.485 e. The number of hydrogen-bond donors (Lipinski definition) is 0. The zero-order chi connectivity index (χ0) is 32.8. The van der Waals surface area contributed by atoms with Crippen LogP contribution in [0.2, 0.25) is 0 Å². The number of benzene rings is 6. The zero-order valence-electron chi connectivity index (χ0n) is 27.0. The zero-order valence-corrected chi connectivity index (χ0v) is 27.0. The fraction of sp³-hybridized carbons (Fsp3) is 0.0435. The van der Waals surface area contributed by atoms with E-state index in [0.29, 0.717) is 5.82 Å². The number of aromatic nitrogens is 3. The lowest BCUT2D eigenvalue weighted by Crippen LogP contribution is -2.23. The number of fused-ring (bicyclic) bond motifs is 6. The van der Waals surface area contributed by atoms with Crippen LogP contribution in [0, 0.1) is 0 Å². The standard InChI is InChI=1S/C46H29N3O/c1-2-12-28(13-3-1)46-47-37(27-42(48-46)49-38-21-8-6-17-33(38)34-18-7-9-22-39(34)49)30-15-10-14-29(26-30)31-24-25-41-45-43(31)35-19-5-4-16-32(35)36-20-11-23-40(50-41)44(36)45/h1-27,41,45H. The van der Waals surface area contributed by atoms with Gasteiger partial charge < -0.3 is 4.74 Å². The first-order valence-electron chi connectivity index (χ1n) is 17.2. The second-order valence-electron chi connectivity index (χ2n) is 13.3. The third kappa shape index (κ3) is 3.93. The van der Waals surface area contributed by atoms with E-state index < -0.39 is 0 Å². The SMILES string of the molecule is C1=CC2Oc3cccc4c3C2C(=C1c1cccc(-c2cc(-n3c5ccccc5c5ccccc53)nc(-c3ccccc3)n2)c1)c1ccccc1-4. The van der Waals surface area contributed by atoms with E-state index in [2.05, 4.69) is 150 Å². The van der Waals surface area contributed by atoms with E-state index in [1.54, 1.807) is 0 Å². The Morgan fingerprint density at radius 1 is 0.540 bits per heavy atom. The van der Waals surface area contributed by atoms with E-state index in [1.807, 2.05) is 18.2 Å². The predicted molar refractivity (Wildman–Crippen MR) is 202 cm³/mol. The highest BCUT2D eigenvalue weighted by molar-refractivity contribution is 6.09. The molecule has 50 heavy (non-hydrogen) atoms. The van der Waals surface area contributed by atoms with Crippen molar-refractivity contribution in [2.24, 2.45) is 0 Å². The monoisotopic (exact) mass is 639 g/mol. The second-order valence-corrected chi connectivity index (χ2v) is 13.3. The van der Waals surface area contributed by atoms with Crippen molar-refractivity contribution in [3.8, 4) is 45.3 Å². The van der Waals surface area contributed by atoms with Crippen LogP contribution < -0.4 is 4.74 Å². The molecule has 2 aliphatic carbocycles. The van der Waals surface area contributed by atoms with Gasteiger partial charge >= 0.3 is 0 Å². The van der Waals surface area contributed by atoms with E-state index in [1.165, 1.54) is 44.2 Å². The number of allylic oxidation sites excluding steroid dienone is 2. The normalized spacial score (nSPS) is 16.8. The summed E-state index contributed by atoms with van der Waals surface area (Å²) in [6.07, 6.45) is 4.50. The molecular formula is C46H29N3O. The largest absolute Gasteiger partial charge is 0.485 e. The Morgan fingerprint density at radius 2 is 1.20 bits per heavy atom. The summed E-state index contributed by atoms with van der Waals surface area (Å²) in [6.45, 7) is 0. The van der Waals surface area contributed by atoms with Crippen LogP contribution in [0.1, 0.15) is 22.6 Å². The number of rotatable bonds is 4. The Kier molecular flexibility index (Phi) is 5.75. The molecule has 3 aliphatic rings. The Balaban J connectivity index is 1.13. The maximum Gasteiger partial charge on any atom is 0.162 e. The van der Waals surface area contributed by atoms with Gasteiger partial charge in [0.25, 0.3) is 0 Å². The van der Waals surface area contributed by atoms with Crippen LogP contribution in [0.5, 0.6) is 5.75 Å². The van der Waals surface area contributed by atoms with Crippen LogP contribution in [0.3, 0.4) is 0 Å². The molecule has 4 heteroatoms. The first kappa shape index (κ1) is 27.4. The molecule has 0 fully saturated rings.